The summed E-state index contributed by atoms with van der Waals surface area (Å²) < 4.78 is 20.7. The molecule has 0 atom stereocenters. The van der Waals surface area contributed by atoms with E-state index in [9.17, 15) is 4.39 Å². The summed E-state index contributed by atoms with van der Waals surface area (Å²) in [4.78, 5) is 0. The van der Waals surface area contributed by atoms with E-state index in [0.29, 0.717) is 29.6 Å². The minimum absolute atomic E-state index is 0.0542. The van der Waals surface area contributed by atoms with E-state index in [0.717, 1.165) is 6.42 Å². The molecule has 1 heterocycles. The summed E-state index contributed by atoms with van der Waals surface area (Å²) >= 11 is 5.63. The molecule has 4 nitrogen and oxygen atoms in total. The molecule has 0 bridgehead atoms. The van der Waals surface area contributed by atoms with Gasteiger partial charge in [-0.05, 0) is 25.5 Å². The van der Waals surface area contributed by atoms with Gasteiger partial charge in [-0.2, -0.15) is 5.10 Å². The number of aromatic nitrogens is 2. The highest BCUT2D eigenvalue weighted by Crippen LogP contribution is 2.31. The summed E-state index contributed by atoms with van der Waals surface area (Å²) in [5, 5.41) is 4.34. The van der Waals surface area contributed by atoms with E-state index in [2.05, 4.69) is 5.10 Å². The second kappa shape index (κ2) is 5.48. The van der Waals surface area contributed by atoms with Crippen LogP contribution < -0.4 is 10.5 Å². The molecule has 6 heteroatoms. The molecule has 2 aromatic rings. The first-order valence-electron chi connectivity index (χ1n) is 5.98. The summed E-state index contributed by atoms with van der Waals surface area (Å²) in [6.07, 6.45) is 0.895. The summed E-state index contributed by atoms with van der Waals surface area (Å²) in [6.45, 7) is 4.51. The predicted molar refractivity (Wildman–Crippen MR) is 73.2 cm³/mol. The molecule has 0 aliphatic heterocycles. The minimum atomic E-state index is -0.531. The van der Waals surface area contributed by atoms with Gasteiger partial charge < -0.3 is 10.5 Å². The number of aryl methyl sites for hydroxylation is 2. The largest absolute Gasteiger partial charge is 0.437 e. The number of nitrogens with two attached hydrogens (primary N) is 1. The SMILES string of the molecule is CCCn1nc(C)c(N)c1Oc1ccc(Cl)c(F)c1. The van der Waals surface area contributed by atoms with Crippen LogP contribution in [-0.2, 0) is 6.54 Å². The van der Waals surface area contributed by atoms with Crippen LogP contribution in [0.5, 0.6) is 11.6 Å². The third-order valence-corrected chi connectivity index (χ3v) is 2.97. The fraction of sp³-hybridized carbons (Fsp3) is 0.308. The standard InChI is InChI=1S/C13H15ClFN3O/c1-3-6-18-13(12(16)8(2)17-18)19-9-4-5-10(14)11(15)7-9/h4-5,7H,3,6,16H2,1-2H3. The molecule has 2 N–H and O–H groups in total. The highest BCUT2D eigenvalue weighted by molar-refractivity contribution is 6.30. The van der Waals surface area contributed by atoms with Crippen LogP contribution in [0, 0.1) is 12.7 Å². The normalized spacial score (nSPS) is 10.7. The van der Waals surface area contributed by atoms with Crippen molar-refractivity contribution in [3.63, 3.8) is 0 Å². The van der Waals surface area contributed by atoms with Crippen LogP contribution in [0.15, 0.2) is 18.2 Å². The van der Waals surface area contributed by atoms with Gasteiger partial charge in [0.2, 0.25) is 5.88 Å². The molecule has 0 unspecified atom stereocenters. The first-order chi connectivity index (χ1) is 9.02. The number of nitrogens with zero attached hydrogens (tertiary/aromatic N) is 2. The zero-order chi connectivity index (χ0) is 14.0. The lowest BCUT2D eigenvalue weighted by molar-refractivity contribution is 0.408. The summed E-state index contributed by atoms with van der Waals surface area (Å²) in [5.41, 5.74) is 7.08. The topological polar surface area (TPSA) is 53.1 Å². The molecule has 0 fully saturated rings. The van der Waals surface area contributed by atoms with Gasteiger partial charge in [0.05, 0.1) is 10.7 Å². The van der Waals surface area contributed by atoms with Crippen molar-refractivity contribution in [2.75, 3.05) is 5.73 Å². The Labute approximate surface area is 115 Å². The van der Waals surface area contributed by atoms with Crippen LogP contribution in [0.1, 0.15) is 19.0 Å². The van der Waals surface area contributed by atoms with Crippen molar-refractivity contribution < 1.29 is 9.13 Å². The van der Waals surface area contributed by atoms with Gasteiger partial charge in [0.1, 0.15) is 17.3 Å². The minimum Gasteiger partial charge on any atom is -0.437 e. The monoisotopic (exact) mass is 283 g/mol. The van der Waals surface area contributed by atoms with Crippen molar-refractivity contribution in [1.29, 1.82) is 0 Å². The van der Waals surface area contributed by atoms with E-state index in [4.69, 9.17) is 22.1 Å². The zero-order valence-electron chi connectivity index (χ0n) is 10.8. The molecule has 0 spiro atoms. The number of hydrogen-bond acceptors (Lipinski definition) is 3. The van der Waals surface area contributed by atoms with E-state index in [1.54, 1.807) is 17.7 Å². The third kappa shape index (κ3) is 2.81. The Kier molecular flexibility index (Phi) is 3.95. The number of rotatable bonds is 4. The van der Waals surface area contributed by atoms with Gasteiger partial charge >= 0.3 is 0 Å². The fourth-order valence-electron chi connectivity index (χ4n) is 1.70. The number of halogens is 2. The van der Waals surface area contributed by atoms with Gasteiger partial charge in [0.15, 0.2) is 0 Å². The average molecular weight is 284 g/mol. The van der Waals surface area contributed by atoms with Crippen molar-refractivity contribution in [2.45, 2.75) is 26.8 Å². The molecule has 102 valence electrons. The molecular formula is C13H15ClFN3O. The fourth-order valence-corrected chi connectivity index (χ4v) is 1.81. The second-order valence-electron chi connectivity index (χ2n) is 4.21. The van der Waals surface area contributed by atoms with Gasteiger partial charge in [-0.15, -0.1) is 0 Å². The Bertz CT molecular complexity index is 598. The molecule has 0 radical (unpaired) electrons. The number of benzene rings is 1. The van der Waals surface area contributed by atoms with E-state index in [1.165, 1.54) is 12.1 Å². The summed E-state index contributed by atoms with van der Waals surface area (Å²) in [7, 11) is 0. The maximum Gasteiger partial charge on any atom is 0.241 e. The van der Waals surface area contributed by atoms with Gasteiger partial charge in [0.25, 0.3) is 0 Å². The summed E-state index contributed by atoms with van der Waals surface area (Å²) in [5.74, 6) is 0.239. The number of ether oxygens (including phenoxy) is 1. The predicted octanol–water partition coefficient (Wildman–Crippen LogP) is 3.77. The molecule has 0 saturated heterocycles. The Hall–Kier alpha value is -1.75. The molecular weight excluding hydrogens is 269 g/mol. The van der Waals surface area contributed by atoms with Gasteiger partial charge in [-0.1, -0.05) is 18.5 Å². The molecule has 0 saturated carbocycles. The van der Waals surface area contributed by atoms with Crippen molar-refractivity contribution in [3.8, 4) is 11.6 Å². The Morgan fingerprint density at radius 1 is 1.47 bits per heavy atom. The van der Waals surface area contributed by atoms with Crippen LogP contribution in [0.25, 0.3) is 0 Å². The molecule has 0 amide bonds. The highest BCUT2D eigenvalue weighted by Gasteiger charge is 2.15. The Morgan fingerprint density at radius 3 is 2.84 bits per heavy atom. The molecule has 2 rings (SSSR count). The molecule has 1 aromatic carbocycles. The van der Waals surface area contributed by atoms with Crippen LogP contribution in [0.2, 0.25) is 5.02 Å². The van der Waals surface area contributed by atoms with Gasteiger partial charge in [-0.3, -0.25) is 0 Å². The first kappa shape index (κ1) is 13.7. The molecule has 0 aliphatic carbocycles. The van der Waals surface area contributed by atoms with E-state index >= 15 is 0 Å². The zero-order valence-corrected chi connectivity index (χ0v) is 11.5. The van der Waals surface area contributed by atoms with E-state index in [-0.39, 0.29) is 5.02 Å². The number of nitrogen functional groups attached to an aromatic ring is 1. The lowest BCUT2D eigenvalue weighted by Crippen LogP contribution is -2.02. The average Bonchev–Trinajstić information content (AvgIpc) is 2.62. The van der Waals surface area contributed by atoms with Crippen molar-refractivity contribution >= 4 is 17.3 Å². The maximum absolute atomic E-state index is 13.4. The first-order valence-corrected chi connectivity index (χ1v) is 6.36. The third-order valence-electron chi connectivity index (χ3n) is 2.67. The van der Waals surface area contributed by atoms with E-state index < -0.39 is 5.82 Å². The lowest BCUT2D eigenvalue weighted by Gasteiger charge is -2.09. The lowest BCUT2D eigenvalue weighted by atomic mass is 10.3. The van der Waals surface area contributed by atoms with Crippen molar-refractivity contribution in [1.82, 2.24) is 9.78 Å². The Balaban J connectivity index is 2.34. The van der Waals surface area contributed by atoms with E-state index in [1.807, 2.05) is 6.92 Å². The quantitative estimate of drug-likeness (QED) is 0.929. The van der Waals surface area contributed by atoms with Crippen LogP contribution in [-0.4, -0.2) is 9.78 Å². The highest BCUT2D eigenvalue weighted by atomic mass is 35.5. The molecule has 1 aromatic heterocycles. The maximum atomic E-state index is 13.4. The van der Waals surface area contributed by atoms with Crippen LogP contribution in [0.4, 0.5) is 10.1 Å². The van der Waals surface area contributed by atoms with Crippen molar-refractivity contribution in [3.05, 3.63) is 34.7 Å². The van der Waals surface area contributed by atoms with Gasteiger partial charge in [-0.25, -0.2) is 9.07 Å². The van der Waals surface area contributed by atoms with Gasteiger partial charge in [0, 0.05) is 12.6 Å². The van der Waals surface area contributed by atoms with Crippen LogP contribution in [0.3, 0.4) is 0 Å². The van der Waals surface area contributed by atoms with Crippen molar-refractivity contribution in [2.24, 2.45) is 0 Å². The number of anilines is 1. The van der Waals surface area contributed by atoms with Crippen LogP contribution >= 0.6 is 11.6 Å². The summed E-state index contributed by atoms with van der Waals surface area (Å²) in [6, 6.07) is 4.25. The second-order valence-corrected chi connectivity index (χ2v) is 4.61. The molecule has 0 aliphatic rings. The smallest absolute Gasteiger partial charge is 0.241 e. The Morgan fingerprint density at radius 2 is 2.21 bits per heavy atom. The number of hydrogen-bond donors (Lipinski definition) is 1. The molecule has 19 heavy (non-hydrogen) atoms.